The number of thiophene rings is 1. The van der Waals surface area contributed by atoms with Gasteiger partial charge in [0, 0.05) is 4.88 Å². The SMILES string of the molecule is CCCOc1ccc(C(=O)Oc2ccc(/C=N\NC(=O)C(=O)Nc3sc4c(c3C(=O)OCC)CCCC4)cc2OCC)cc1. The van der Waals surface area contributed by atoms with E-state index >= 15 is 0 Å². The van der Waals surface area contributed by atoms with Gasteiger partial charge in [-0.1, -0.05) is 6.92 Å². The van der Waals surface area contributed by atoms with Crippen LogP contribution in [0.15, 0.2) is 47.6 Å². The van der Waals surface area contributed by atoms with Crippen LogP contribution < -0.4 is 25.0 Å². The van der Waals surface area contributed by atoms with Crippen molar-refractivity contribution in [3.8, 4) is 17.2 Å². The number of benzene rings is 2. The number of rotatable bonds is 12. The number of ether oxygens (including phenoxy) is 4. The first-order chi connectivity index (χ1) is 21.3. The lowest BCUT2D eigenvalue weighted by Gasteiger charge is -2.12. The molecule has 1 aliphatic carbocycles. The van der Waals surface area contributed by atoms with Crippen molar-refractivity contribution in [2.24, 2.45) is 5.10 Å². The fraction of sp³-hybridized carbons (Fsp3) is 0.344. The van der Waals surface area contributed by atoms with E-state index in [-0.39, 0.29) is 12.4 Å². The number of hydrogen-bond acceptors (Lipinski definition) is 10. The Morgan fingerprint density at radius 3 is 2.39 bits per heavy atom. The second-order valence-corrected chi connectivity index (χ2v) is 10.8. The van der Waals surface area contributed by atoms with Crippen LogP contribution in [0.4, 0.5) is 5.00 Å². The van der Waals surface area contributed by atoms with Gasteiger partial charge in [0.25, 0.3) is 0 Å². The first kappa shape index (κ1) is 32.2. The van der Waals surface area contributed by atoms with Gasteiger partial charge in [-0.25, -0.2) is 15.0 Å². The Morgan fingerprint density at radius 2 is 1.66 bits per heavy atom. The number of hydrogen-bond donors (Lipinski definition) is 2. The number of carbonyl (C=O) groups excluding carboxylic acids is 4. The molecule has 0 atom stereocenters. The predicted molar refractivity (Wildman–Crippen MR) is 166 cm³/mol. The number of amides is 2. The molecule has 232 valence electrons. The van der Waals surface area contributed by atoms with Crippen LogP contribution in [0.25, 0.3) is 0 Å². The predicted octanol–water partition coefficient (Wildman–Crippen LogP) is 5.30. The zero-order valence-electron chi connectivity index (χ0n) is 24.9. The molecule has 3 aromatic rings. The molecule has 0 saturated carbocycles. The van der Waals surface area contributed by atoms with E-state index in [1.165, 1.54) is 17.6 Å². The smallest absolute Gasteiger partial charge is 0.343 e. The van der Waals surface area contributed by atoms with Crippen LogP contribution in [0.5, 0.6) is 17.2 Å². The molecule has 44 heavy (non-hydrogen) atoms. The Kier molecular flexibility index (Phi) is 11.5. The first-order valence-corrected chi connectivity index (χ1v) is 15.3. The number of nitrogens with one attached hydrogen (secondary N) is 2. The number of esters is 2. The van der Waals surface area contributed by atoms with Crippen LogP contribution in [0.3, 0.4) is 0 Å². The maximum atomic E-state index is 12.7. The van der Waals surface area contributed by atoms with Crippen molar-refractivity contribution >= 4 is 46.3 Å². The average molecular weight is 622 g/mol. The van der Waals surface area contributed by atoms with Crippen molar-refractivity contribution in [2.45, 2.75) is 52.9 Å². The van der Waals surface area contributed by atoms with Crippen LogP contribution in [-0.2, 0) is 27.2 Å². The van der Waals surface area contributed by atoms with E-state index in [4.69, 9.17) is 18.9 Å². The van der Waals surface area contributed by atoms with Gasteiger partial charge in [-0.2, -0.15) is 5.10 Å². The van der Waals surface area contributed by atoms with Crippen molar-refractivity contribution in [1.29, 1.82) is 0 Å². The van der Waals surface area contributed by atoms with Crippen LogP contribution in [-0.4, -0.2) is 49.8 Å². The molecule has 0 bridgehead atoms. The van der Waals surface area contributed by atoms with E-state index in [0.29, 0.717) is 46.4 Å². The Balaban J connectivity index is 1.38. The Hall–Kier alpha value is -4.71. The molecule has 0 fully saturated rings. The number of fused-ring (bicyclic) bond motifs is 1. The van der Waals surface area contributed by atoms with E-state index in [0.717, 1.165) is 42.5 Å². The van der Waals surface area contributed by atoms with E-state index in [2.05, 4.69) is 15.8 Å². The third-order valence-corrected chi connectivity index (χ3v) is 7.70. The molecule has 2 N–H and O–H groups in total. The first-order valence-electron chi connectivity index (χ1n) is 14.5. The maximum Gasteiger partial charge on any atom is 0.343 e. The van der Waals surface area contributed by atoms with Gasteiger partial charge in [0.05, 0.1) is 37.2 Å². The fourth-order valence-corrected chi connectivity index (χ4v) is 5.75. The number of hydrazone groups is 1. The fourth-order valence-electron chi connectivity index (χ4n) is 4.47. The van der Waals surface area contributed by atoms with Crippen molar-refractivity contribution < 1.29 is 38.1 Å². The second-order valence-electron chi connectivity index (χ2n) is 9.69. The highest BCUT2D eigenvalue weighted by Crippen LogP contribution is 2.38. The topological polar surface area (TPSA) is 142 Å². The normalized spacial score (nSPS) is 12.2. The largest absolute Gasteiger partial charge is 0.494 e. The second kappa shape index (κ2) is 15.7. The van der Waals surface area contributed by atoms with E-state index in [1.807, 2.05) is 6.92 Å². The third kappa shape index (κ3) is 8.22. The Bertz CT molecular complexity index is 1530. The Labute approximate surface area is 259 Å². The van der Waals surface area contributed by atoms with Crippen LogP contribution in [0.1, 0.15) is 76.8 Å². The molecular formula is C32H35N3O8S. The van der Waals surface area contributed by atoms with Gasteiger partial charge < -0.3 is 24.3 Å². The summed E-state index contributed by atoms with van der Waals surface area (Å²) in [4.78, 5) is 51.5. The summed E-state index contributed by atoms with van der Waals surface area (Å²) in [5.74, 6) is -1.89. The highest BCUT2D eigenvalue weighted by atomic mass is 32.1. The third-order valence-electron chi connectivity index (χ3n) is 6.50. The van der Waals surface area contributed by atoms with Crippen molar-refractivity contribution in [3.05, 3.63) is 69.6 Å². The minimum atomic E-state index is -1.01. The molecule has 0 unspecified atom stereocenters. The summed E-state index contributed by atoms with van der Waals surface area (Å²) in [6.45, 7) is 6.60. The van der Waals surface area contributed by atoms with Gasteiger partial charge in [0.2, 0.25) is 0 Å². The summed E-state index contributed by atoms with van der Waals surface area (Å²) < 4.78 is 21.9. The molecule has 12 heteroatoms. The van der Waals surface area contributed by atoms with Crippen molar-refractivity contribution in [3.63, 3.8) is 0 Å². The van der Waals surface area contributed by atoms with Crippen LogP contribution in [0, 0.1) is 0 Å². The maximum absolute atomic E-state index is 12.7. The molecule has 0 radical (unpaired) electrons. The summed E-state index contributed by atoms with van der Waals surface area (Å²) in [7, 11) is 0. The van der Waals surface area contributed by atoms with Gasteiger partial charge in [0.15, 0.2) is 11.5 Å². The molecule has 1 heterocycles. The number of nitrogens with zero attached hydrogens (tertiary/aromatic N) is 1. The van der Waals surface area contributed by atoms with E-state index in [1.54, 1.807) is 56.3 Å². The van der Waals surface area contributed by atoms with E-state index in [9.17, 15) is 19.2 Å². The van der Waals surface area contributed by atoms with Gasteiger partial charge in [-0.05, 0) is 99.5 Å². The molecular weight excluding hydrogens is 586 g/mol. The lowest BCUT2D eigenvalue weighted by atomic mass is 9.95. The minimum Gasteiger partial charge on any atom is -0.494 e. The van der Waals surface area contributed by atoms with Crippen LogP contribution in [0.2, 0.25) is 0 Å². The lowest BCUT2D eigenvalue weighted by Crippen LogP contribution is -2.32. The molecule has 0 saturated heterocycles. The van der Waals surface area contributed by atoms with Gasteiger partial charge in [-0.15, -0.1) is 11.3 Å². The quantitative estimate of drug-likeness (QED) is 0.0913. The summed E-state index contributed by atoms with van der Waals surface area (Å²) in [5, 5.41) is 6.72. The molecule has 4 rings (SSSR count). The summed E-state index contributed by atoms with van der Waals surface area (Å²) in [6.07, 6.45) is 5.66. The standard InChI is InChI=1S/C32H35N3O8S/c1-4-17-42-22-14-12-21(13-15-22)31(38)43-24-16-11-20(18-25(24)40-5-2)19-33-35-29(37)28(36)34-30-27(32(39)41-6-3)23-9-7-8-10-26(23)44-30/h11-16,18-19H,4-10,17H2,1-3H3,(H,34,36)(H,35,37)/b33-19-. The molecule has 1 aliphatic rings. The van der Waals surface area contributed by atoms with Gasteiger partial charge in [-0.3, -0.25) is 9.59 Å². The number of anilines is 1. The summed E-state index contributed by atoms with van der Waals surface area (Å²) >= 11 is 1.29. The molecule has 0 spiro atoms. The highest BCUT2D eigenvalue weighted by Gasteiger charge is 2.28. The molecule has 0 aliphatic heterocycles. The highest BCUT2D eigenvalue weighted by molar-refractivity contribution is 7.17. The molecule has 2 aromatic carbocycles. The summed E-state index contributed by atoms with van der Waals surface area (Å²) in [5.41, 5.74) is 4.25. The van der Waals surface area contributed by atoms with Gasteiger partial charge in [0.1, 0.15) is 10.8 Å². The molecule has 1 aromatic heterocycles. The summed E-state index contributed by atoms with van der Waals surface area (Å²) in [6, 6.07) is 11.4. The molecule has 2 amide bonds. The van der Waals surface area contributed by atoms with Crippen molar-refractivity contribution in [1.82, 2.24) is 5.43 Å². The molecule has 11 nitrogen and oxygen atoms in total. The average Bonchev–Trinajstić information content (AvgIpc) is 3.39. The lowest BCUT2D eigenvalue weighted by molar-refractivity contribution is -0.136. The van der Waals surface area contributed by atoms with Gasteiger partial charge >= 0.3 is 23.8 Å². The zero-order chi connectivity index (χ0) is 31.5. The monoisotopic (exact) mass is 621 g/mol. The van der Waals surface area contributed by atoms with Crippen LogP contribution >= 0.6 is 11.3 Å². The minimum absolute atomic E-state index is 0.198. The number of carbonyl (C=O) groups is 4. The number of aryl methyl sites for hydroxylation is 1. The van der Waals surface area contributed by atoms with Crippen molar-refractivity contribution in [2.75, 3.05) is 25.1 Å². The van der Waals surface area contributed by atoms with E-state index < -0.39 is 23.8 Å². The Morgan fingerprint density at radius 1 is 0.886 bits per heavy atom. The zero-order valence-corrected chi connectivity index (χ0v) is 25.7.